The summed E-state index contributed by atoms with van der Waals surface area (Å²) in [6.07, 6.45) is 1.96. The normalized spacial score (nSPS) is 16.1. The van der Waals surface area contributed by atoms with E-state index in [2.05, 4.69) is 10.6 Å². The van der Waals surface area contributed by atoms with Gasteiger partial charge in [-0.15, -0.1) is 0 Å². The Kier molecular flexibility index (Phi) is 3.92. The lowest BCUT2D eigenvalue weighted by molar-refractivity contribution is -0.153. The first-order valence-electron chi connectivity index (χ1n) is 6.47. The zero-order chi connectivity index (χ0) is 14.8. The Morgan fingerprint density at radius 2 is 2.10 bits per heavy atom. The van der Waals surface area contributed by atoms with Gasteiger partial charge in [-0.2, -0.15) is 0 Å². The van der Waals surface area contributed by atoms with Gasteiger partial charge in [0.1, 0.15) is 5.82 Å². The van der Waals surface area contributed by atoms with Gasteiger partial charge in [0, 0.05) is 6.54 Å². The van der Waals surface area contributed by atoms with Gasteiger partial charge in [-0.3, -0.25) is 4.79 Å². The van der Waals surface area contributed by atoms with Gasteiger partial charge in [0.05, 0.1) is 11.1 Å². The summed E-state index contributed by atoms with van der Waals surface area (Å²) in [6, 6.07) is 3.88. The third-order valence-corrected chi connectivity index (χ3v) is 3.72. The number of carboxylic acid groups (broad SMARTS) is 1. The summed E-state index contributed by atoms with van der Waals surface area (Å²) < 4.78 is 13.6. The molecule has 3 N–H and O–H groups in total. The molecule has 0 unspecified atom stereocenters. The maximum atomic E-state index is 13.6. The number of hydrogen-bond acceptors (Lipinski definition) is 2. The van der Waals surface area contributed by atoms with Crippen LogP contribution in [0.1, 0.15) is 24.8 Å². The average molecular weight is 280 g/mol. The topological polar surface area (TPSA) is 78.4 Å². The molecule has 20 heavy (non-hydrogen) atoms. The van der Waals surface area contributed by atoms with Crippen LogP contribution >= 0.6 is 0 Å². The number of anilines is 1. The van der Waals surface area contributed by atoms with Crippen LogP contribution in [0.4, 0.5) is 14.9 Å². The van der Waals surface area contributed by atoms with Gasteiger partial charge in [0.25, 0.3) is 0 Å². The number of aliphatic carboxylic acids is 1. The first-order chi connectivity index (χ1) is 9.43. The van der Waals surface area contributed by atoms with Crippen LogP contribution in [-0.4, -0.2) is 23.7 Å². The van der Waals surface area contributed by atoms with Crippen molar-refractivity contribution in [1.29, 1.82) is 0 Å². The van der Waals surface area contributed by atoms with Crippen LogP contribution in [0.15, 0.2) is 18.2 Å². The largest absolute Gasteiger partial charge is 0.481 e. The highest BCUT2D eigenvalue weighted by Crippen LogP contribution is 2.40. The Balaban J connectivity index is 1.91. The van der Waals surface area contributed by atoms with Crippen molar-refractivity contribution in [3.8, 4) is 0 Å². The molecule has 0 atom stereocenters. The van der Waals surface area contributed by atoms with Crippen LogP contribution in [0, 0.1) is 18.2 Å². The predicted octanol–water partition coefficient (Wildman–Crippen LogP) is 2.51. The molecule has 0 radical (unpaired) electrons. The molecule has 1 aromatic carbocycles. The fraction of sp³-hybridized carbons (Fsp3) is 0.429. The van der Waals surface area contributed by atoms with E-state index in [1.54, 1.807) is 13.0 Å². The van der Waals surface area contributed by atoms with Crippen LogP contribution in [0.3, 0.4) is 0 Å². The lowest BCUT2D eigenvalue weighted by atomic mass is 9.69. The molecule has 0 heterocycles. The maximum absolute atomic E-state index is 13.6. The molecule has 1 fully saturated rings. The lowest BCUT2D eigenvalue weighted by Gasteiger charge is -2.37. The fourth-order valence-corrected chi connectivity index (χ4v) is 2.21. The second-order valence-corrected chi connectivity index (χ2v) is 5.23. The Hall–Kier alpha value is -2.11. The Labute approximate surface area is 116 Å². The van der Waals surface area contributed by atoms with Gasteiger partial charge in [-0.05, 0) is 37.5 Å². The smallest absolute Gasteiger partial charge is 0.319 e. The van der Waals surface area contributed by atoms with Crippen molar-refractivity contribution < 1.29 is 19.1 Å². The number of carboxylic acids is 1. The lowest BCUT2D eigenvalue weighted by Crippen LogP contribution is -2.48. The zero-order valence-corrected chi connectivity index (χ0v) is 11.2. The van der Waals surface area contributed by atoms with Gasteiger partial charge in [0.2, 0.25) is 0 Å². The van der Waals surface area contributed by atoms with E-state index in [4.69, 9.17) is 5.11 Å². The molecule has 0 bridgehead atoms. The number of rotatable bonds is 4. The Morgan fingerprint density at radius 3 is 2.60 bits per heavy atom. The van der Waals surface area contributed by atoms with Crippen LogP contribution in [0.5, 0.6) is 0 Å². The summed E-state index contributed by atoms with van der Waals surface area (Å²) in [7, 11) is 0. The van der Waals surface area contributed by atoms with Crippen molar-refractivity contribution in [2.45, 2.75) is 26.2 Å². The summed E-state index contributed by atoms with van der Waals surface area (Å²) >= 11 is 0. The fourth-order valence-electron chi connectivity index (χ4n) is 2.21. The molecule has 2 amide bonds. The number of aryl methyl sites for hydroxylation is 1. The number of benzene rings is 1. The molecule has 0 spiro atoms. The standard InChI is InChI=1S/C14H17FN2O3/c1-9-3-4-11(10(15)7-9)17-13(20)16-8-14(12(18)19)5-2-6-14/h3-4,7H,2,5-6,8H2,1H3,(H,18,19)(H2,16,17,20). The quantitative estimate of drug-likeness (QED) is 0.793. The molecular formula is C14H17FN2O3. The number of halogens is 1. The SMILES string of the molecule is Cc1ccc(NC(=O)NCC2(C(=O)O)CCC2)c(F)c1. The van der Waals surface area contributed by atoms with Crippen molar-refractivity contribution in [3.05, 3.63) is 29.6 Å². The van der Waals surface area contributed by atoms with Gasteiger partial charge >= 0.3 is 12.0 Å². The molecular weight excluding hydrogens is 263 g/mol. The number of carbonyl (C=O) groups is 2. The number of urea groups is 1. The molecule has 0 aromatic heterocycles. The molecule has 108 valence electrons. The van der Waals surface area contributed by atoms with Crippen molar-refractivity contribution in [1.82, 2.24) is 5.32 Å². The second-order valence-electron chi connectivity index (χ2n) is 5.23. The number of amides is 2. The molecule has 1 saturated carbocycles. The second kappa shape index (κ2) is 5.48. The molecule has 6 heteroatoms. The minimum absolute atomic E-state index is 0.0572. The predicted molar refractivity (Wildman–Crippen MR) is 72.1 cm³/mol. The molecule has 2 rings (SSSR count). The van der Waals surface area contributed by atoms with E-state index in [0.29, 0.717) is 12.8 Å². The van der Waals surface area contributed by atoms with Gasteiger partial charge in [0.15, 0.2) is 0 Å². The van der Waals surface area contributed by atoms with E-state index in [9.17, 15) is 14.0 Å². The molecule has 1 aliphatic carbocycles. The minimum atomic E-state index is -0.898. The zero-order valence-electron chi connectivity index (χ0n) is 11.2. The number of carbonyl (C=O) groups excluding carboxylic acids is 1. The van der Waals surface area contributed by atoms with Crippen LogP contribution in [0.2, 0.25) is 0 Å². The highest BCUT2D eigenvalue weighted by molar-refractivity contribution is 5.90. The van der Waals surface area contributed by atoms with Gasteiger partial charge < -0.3 is 15.7 Å². The molecule has 0 saturated heterocycles. The van der Waals surface area contributed by atoms with Crippen molar-refractivity contribution in [2.75, 3.05) is 11.9 Å². The van der Waals surface area contributed by atoms with Gasteiger partial charge in [-0.25, -0.2) is 9.18 Å². The van der Waals surface area contributed by atoms with E-state index >= 15 is 0 Å². The molecule has 0 aliphatic heterocycles. The van der Waals surface area contributed by atoms with E-state index in [1.165, 1.54) is 12.1 Å². The summed E-state index contributed by atoms with van der Waals surface area (Å²) in [5, 5.41) is 14.0. The Morgan fingerprint density at radius 1 is 1.40 bits per heavy atom. The summed E-state index contributed by atoms with van der Waals surface area (Å²) in [5.74, 6) is -1.41. The Bertz CT molecular complexity index is 541. The highest BCUT2D eigenvalue weighted by atomic mass is 19.1. The summed E-state index contributed by atoms with van der Waals surface area (Å²) in [5.41, 5.74) is -0.0257. The van der Waals surface area contributed by atoms with Crippen molar-refractivity contribution in [3.63, 3.8) is 0 Å². The van der Waals surface area contributed by atoms with E-state index in [1.807, 2.05) is 0 Å². The van der Waals surface area contributed by atoms with Crippen LogP contribution < -0.4 is 10.6 Å². The first kappa shape index (κ1) is 14.3. The van der Waals surface area contributed by atoms with Crippen molar-refractivity contribution >= 4 is 17.7 Å². The highest BCUT2D eigenvalue weighted by Gasteiger charge is 2.44. The minimum Gasteiger partial charge on any atom is -0.481 e. The molecule has 1 aromatic rings. The third kappa shape index (κ3) is 2.89. The monoisotopic (exact) mass is 280 g/mol. The maximum Gasteiger partial charge on any atom is 0.319 e. The van der Waals surface area contributed by atoms with Crippen LogP contribution in [-0.2, 0) is 4.79 Å². The van der Waals surface area contributed by atoms with E-state index in [-0.39, 0.29) is 12.2 Å². The number of hydrogen-bond donors (Lipinski definition) is 3. The number of nitrogens with one attached hydrogen (secondary N) is 2. The van der Waals surface area contributed by atoms with Gasteiger partial charge in [-0.1, -0.05) is 12.5 Å². The van der Waals surface area contributed by atoms with Crippen molar-refractivity contribution in [2.24, 2.45) is 5.41 Å². The van der Waals surface area contributed by atoms with E-state index in [0.717, 1.165) is 12.0 Å². The third-order valence-electron chi connectivity index (χ3n) is 3.72. The first-order valence-corrected chi connectivity index (χ1v) is 6.47. The summed E-state index contributed by atoms with van der Waals surface area (Å²) in [4.78, 5) is 22.8. The van der Waals surface area contributed by atoms with E-state index < -0.39 is 23.2 Å². The summed E-state index contributed by atoms with van der Waals surface area (Å²) in [6.45, 7) is 1.81. The molecule has 1 aliphatic rings. The average Bonchev–Trinajstić information content (AvgIpc) is 2.31. The van der Waals surface area contributed by atoms with Crippen LogP contribution in [0.25, 0.3) is 0 Å². The molecule has 5 nitrogen and oxygen atoms in total.